The maximum Gasteiger partial charge on any atom is 0.129 e. The van der Waals surface area contributed by atoms with Crippen molar-refractivity contribution >= 4 is 0 Å². The summed E-state index contributed by atoms with van der Waals surface area (Å²) >= 11 is 0. The van der Waals surface area contributed by atoms with Gasteiger partial charge in [0.25, 0.3) is 0 Å². The number of hydrogen-bond donors (Lipinski definition) is 0. The molecule has 3 nitrogen and oxygen atoms in total. The van der Waals surface area contributed by atoms with E-state index in [1.165, 1.54) is 0 Å². The van der Waals surface area contributed by atoms with Gasteiger partial charge in [-0.2, -0.15) is 0 Å². The highest BCUT2D eigenvalue weighted by molar-refractivity contribution is 4.54. The van der Waals surface area contributed by atoms with Crippen LogP contribution in [0.1, 0.15) is 13.3 Å². The average molecular weight is 190 g/mol. The first-order valence-corrected chi connectivity index (χ1v) is 4.90. The lowest BCUT2D eigenvalue weighted by molar-refractivity contribution is -0.873. The fourth-order valence-electron chi connectivity index (χ4n) is 1.23. The molecule has 0 bridgehead atoms. The molecule has 3 heteroatoms. The van der Waals surface area contributed by atoms with Crippen molar-refractivity contribution in [2.45, 2.75) is 19.4 Å². The number of rotatable bonds is 7. The molecule has 0 radical (unpaired) electrons. The summed E-state index contributed by atoms with van der Waals surface area (Å²) in [6.45, 7) is 4.63. The summed E-state index contributed by atoms with van der Waals surface area (Å²) in [4.78, 5) is 0. The van der Waals surface area contributed by atoms with E-state index in [-0.39, 0.29) is 6.10 Å². The van der Waals surface area contributed by atoms with Gasteiger partial charge < -0.3 is 14.0 Å². The molecule has 0 fully saturated rings. The Hall–Kier alpha value is -0.120. The van der Waals surface area contributed by atoms with E-state index in [4.69, 9.17) is 9.47 Å². The first-order valence-electron chi connectivity index (χ1n) is 4.90. The van der Waals surface area contributed by atoms with Gasteiger partial charge in [-0.15, -0.1) is 0 Å². The number of quaternary nitrogens is 1. The van der Waals surface area contributed by atoms with Gasteiger partial charge in [0, 0.05) is 13.7 Å². The molecular formula is C10H24NO2+. The maximum atomic E-state index is 5.67. The maximum absolute atomic E-state index is 5.67. The van der Waals surface area contributed by atoms with Gasteiger partial charge in [0.1, 0.15) is 12.6 Å². The van der Waals surface area contributed by atoms with Crippen molar-refractivity contribution < 1.29 is 14.0 Å². The fraction of sp³-hybridized carbons (Fsp3) is 1.00. The van der Waals surface area contributed by atoms with Crippen LogP contribution in [0, 0.1) is 0 Å². The molecule has 80 valence electrons. The van der Waals surface area contributed by atoms with Crippen molar-refractivity contribution in [2.75, 3.05) is 48.0 Å². The number of nitrogens with zero attached hydrogens (tertiary/aromatic N) is 1. The zero-order valence-electron chi connectivity index (χ0n) is 9.67. The highest BCUT2D eigenvalue weighted by Gasteiger charge is 2.17. The van der Waals surface area contributed by atoms with Crippen LogP contribution in [-0.2, 0) is 9.47 Å². The molecule has 0 saturated carbocycles. The van der Waals surface area contributed by atoms with Crippen LogP contribution in [0.15, 0.2) is 0 Å². The Labute approximate surface area is 82.2 Å². The van der Waals surface area contributed by atoms with E-state index in [0.29, 0.717) is 6.61 Å². The average Bonchev–Trinajstić information content (AvgIpc) is 1.98. The van der Waals surface area contributed by atoms with E-state index in [1.807, 2.05) is 0 Å². The van der Waals surface area contributed by atoms with Crippen LogP contribution in [0.3, 0.4) is 0 Å². The van der Waals surface area contributed by atoms with E-state index < -0.39 is 0 Å². The molecule has 0 rings (SSSR count). The van der Waals surface area contributed by atoms with Crippen LogP contribution >= 0.6 is 0 Å². The second kappa shape index (κ2) is 6.35. The van der Waals surface area contributed by atoms with Crippen LogP contribution in [-0.4, -0.2) is 58.6 Å². The molecule has 0 heterocycles. The third kappa shape index (κ3) is 8.22. The van der Waals surface area contributed by atoms with Crippen molar-refractivity contribution in [1.29, 1.82) is 0 Å². The number of ether oxygens (including phenoxy) is 2. The quantitative estimate of drug-likeness (QED) is 0.560. The summed E-state index contributed by atoms with van der Waals surface area (Å²) in [5.74, 6) is 0. The summed E-state index contributed by atoms with van der Waals surface area (Å²) in [6.07, 6.45) is 1.29. The Balaban J connectivity index is 3.79. The van der Waals surface area contributed by atoms with E-state index in [2.05, 4.69) is 28.1 Å². The van der Waals surface area contributed by atoms with Gasteiger partial charge >= 0.3 is 0 Å². The largest absolute Gasteiger partial charge is 0.382 e. The molecule has 0 aliphatic heterocycles. The van der Waals surface area contributed by atoms with Crippen LogP contribution < -0.4 is 0 Å². The Morgan fingerprint density at radius 2 is 1.85 bits per heavy atom. The van der Waals surface area contributed by atoms with Crippen molar-refractivity contribution in [1.82, 2.24) is 0 Å². The number of methoxy groups -OCH3 is 1. The highest BCUT2D eigenvalue weighted by atomic mass is 16.5. The summed E-state index contributed by atoms with van der Waals surface area (Å²) < 4.78 is 11.7. The summed E-state index contributed by atoms with van der Waals surface area (Å²) in [5.41, 5.74) is 0. The first kappa shape index (κ1) is 12.9. The van der Waals surface area contributed by atoms with E-state index >= 15 is 0 Å². The van der Waals surface area contributed by atoms with Crippen molar-refractivity contribution in [2.24, 2.45) is 0 Å². The van der Waals surface area contributed by atoms with Gasteiger partial charge in [-0.1, -0.05) is 6.92 Å². The lowest BCUT2D eigenvalue weighted by Gasteiger charge is -2.28. The normalized spacial score (nSPS) is 14.5. The SMILES string of the molecule is CCCOC(COC)C[N+](C)(C)C. The first-order chi connectivity index (χ1) is 5.99. The van der Waals surface area contributed by atoms with Crippen LogP contribution in [0.4, 0.5) is 0 Å². The molecule has 0 spiro atoms. The summed E-state index contributed by atoms with van der Waals surface area (Å²) in [6, 6.07) is 0. The van der Waals surface area contributed by atoms with Gasteiger partial charge in [-0.05, 0) is 6.42 Å². The monoisotopic (exact) mass is 190 g/mol. The van der Waals surface area contributed by atoms with Gasteiger partial charge in [0.2, 0.25) is 0 Å². The molecule has 1 atom stereocenters. The molecule has 13 heavy (non-hydrogen) atoms. The highest BCUT2D eigenvalue weighted by Crippen LogP contribution is 2.01. The molecule has 0 saturated heterocycles. The fourth-order valence-corrected chi connectivity index (χ4v) is 1.23. The molecule has 0 aliphatic rings. The summed E-state index contributed by atoms with van der Waals surface area (Å²) in [7, 11) is 8.21. The molecule has 0 aromatic heterocycles. The third-order valence-corrected chi connectivity index (χ3v) is 1.66. The third-order valence-electron chi connectivity index (χ3n) is 1.66. The van der Waals surface area contributed by atoms with Crippen molar-refractivity contribution in [3.8, 4) is 0 Å². The van der Waals surface area contributed by atoms with E-state index in [1.54, 1.807) is 7.11 Å². The molecule has 0 aromatic rings. The standard InChI is InChI=1S/C10H24NO2/c1-6-7-13-10(9-12-5)8-11(2,3)4/h10H,6-9H2,1-5H3/q+1. The lowest BCUT2D eigenvalue weighted by Crippen LogP contribution is -2.44. The smallest absolute Gasteiger partial charge is 0.129 e. The minimum absolute atomic E-state index is 0.227. The molecule has 0 N–H and O–H groups in total. The minimum Gasteiger partial charge on any atom is -0.382 e. The lowest BCUT2D eigenvalue weighted by atomic mass is 10.3. The van der Waals surface area contributed by atoms with Gasteiger partial charge in [-0.25, -0.2) is 0 Å². The molecule has 0 amide bonds. The Bertz CT molecular complexity index is 121. The summed E-state index contributed by atoms with van der Waals surface area (Å²) in [5, 5.41) is 0. The van der Waals surface area contributed by atoms with Gasteiger partial charge in [-0.3, -0.25) is 0 Å². The van der Waals surface area contributed by atoms with Gasteiger partial charge in [0.05, 0.1) is 27.7 Å². The number of likely N-dealkylation sites (N-methyl/N-ethyl adjacent to an activating group) is 1. The van der Waals surface area contributed by atoms with E-state index in [0.717, 1.165) is 24.1 Å². The second-order valence-corrected chi connectivity index (χ2v) is 4.42. The predicted octanol–water partition coefficient (Wildman–Crippen LogP) is 1.13. The molecule has 0 aromatic carbocycles. The molecular weight excluding hydrogens is 166 g/mol. The van der Waals surface area contributed by atoms with Crippen LogP contribution in [0.2, 0.25) is 0 Å². The zero-order chi connectivity index (χ0) is 10.3. The molecule has 1 unspecified atom stereocenters. The minimum atomic E-state index is 0.227. The number of hydrogen-bond acceptors (Lipinski definition) is 2. The van der Waals surface area contributed by atoms with Crippen LogP contribution in [0.25, 0.3) is 0 Å². The zero-order valence-corrected chi connectivity index (χ0v) is 9.67. The second-order valence-electron chi connectivity index (χ2n) is 4.42. The Kier molecular flexibility index (Phi) is 6.29. The van der Waals surface area contributed by atoms with E-state index in [9.17, 15) is 0 Å². The Morgan fingerprint density at radius 3 is 2.23 bits per heavy atom. The van der Waals surface area contributed by atoms with Crippen molar-refractivity contribution in [3.63, 3.8) is 0 Å². The Morgan fingerprint density at radius 1 is 1.23 bits per heavy atom. The van der Waals surface area contributed by atoms with Crippen LogP contribution in [0.5, 0.6) is 0 Å². The van der Waals surface area contributed by atoms with Gasteiger partial charge in [0.15, 0.2) is 0 Å². The molecule has 0 aliphatic carbocycles. The topological polar surface area (TPSA) is 18.5 Å². The predicted molar refractivity (Wildman–Crippen MR) is 54.8 cm³/mol. The van der Waals surface area contributed by atoms with Crippen molar-refractivity contribution in [3.05, 3.63) is 0 Å².